The Bertz CT molecular complexity index is 545. The van der Waals surface area contributed by atoms with E-state index in [1.54, 1.807) is 0 Å². The van der Waals surface area contributed by atoms with Gasteiger partial charge in [-0.15, -0.1) is 0 Å². The molecule has 0 atom stereocenters. The lowest BCUT2D eigenvalue weighted by Crippen LogP contribution is -2.40. The second-order valence-corrected chi connectivity index (χ2v) is 4.49. The normalized spacial score (nSPS) is 15.9. The monoisotopic (exact) mass is 230 g/mol. The van der Waals surface area contributed by atoms with Crippen molar-refractivity contribution in [2.24, 2.45) is 0 Å². The Morgan fingerprint density at radius 3 is 2.82 bits per heavy atom. The highest BCUT2D eigenvalue weighted by atomic mass is 16.5. The second-order valence-electron chi connectivity index (χ2n) is 4.49. The van der Waals surface area contributed by atoms with Crippen molar-refractivity contribution in [3.63, 3.8) is 0 Å². The van der Waals surface area contributed by atoms with Gasteiger partial charge in [0.15, 0.2) is 0 Å². The summed E-state index contributed by atoms with van der Waals surface area (Å²) in [7, 11) is 0. The second kappa shape index (κ2) is 3.92. The SMILES string of the molecule is Cc1cnc(-c2noc(C3CNC3)n2)c(C)c1. The molecular weight excluding hydrogens is 216 g/mol. The third kappa shape index (κ3) is 1.82. The van der Waals surface area contributed by atoms with Gasteiger partial charge in [-0.2, -0.15) is 4.98 Å². The molecule has 17 heavy (non-hydrogen) atoms. The third-order valence-corrected chi connectivity index (χ3v) is 3.00. The van der Waals surface area contributed by atoms with Crippen LogP contribution in [0.15, 0.2) is 16.8 Å². The Balaban J connectivity index is 1.94. The Kier molecular flexibility index (Phi) is 2.40. The molecule has 0 bridgehead atoms. The van der Waals surface area contributed by atoms with Gasteiger partial charge in [0.05, 0.1) is 5.92 Å². The number of aryl methyl sites for hydroxylation is 2. The average molecular weight is 230 g/mol. The number of aromatic nitrogens is 3. The summed E-state index contributed by atoms with van der Waals surface area (Å²) in [6.07, 6.45) is 1.82. The summed E-state index contributed by atoms with van der Waals surface area (Å²) in [5.41, 5.74) is 3.01. The quantitative estimate of drug-likeness (QED) is 0.845. The van der Waals surface area contributed by atoms with Crippen LogP contribution < -0.4 is 5.32 Å². The fourth-order valence-corrected chi connectivity index (χ4v) is 1.91. The Labute approximate surface area is 99.3 Å². The maximum Gasteiger partial charge on any atom is 0.232 e. The van der Waals surface area contributed by atoms with Crippen LogP contribution in [-0.4, -0.2) is 28.2 Å². The zero-order valence-electron chi connectivity index (χ0n) is 9.90. The maximum atomic E-state index is 5.27. The van der Waals surface area contributed by atoms with Crippen molar-refractivity contribution < 1.29 is 4.52 Å². The molecule has 1 saturated heterocycles. The number of nitrogens with one attached hydrogen (secondary N) is 1. The molecule has 0 aliphatic carbocycles. The van der Waals surface area contributed by atoms with Gasteiger partial charge >= 0.3 is 0 Å². The first kappa shape index (κ1) is 10.4. The first-order valence-electron chi connectivity index (χ1n) is 5.72. The van der Waals surface area contributed by atoms with E-state index in [1.807, 2.05) is 20.0 Å². The van der Waals surface area contributed by atoms with Crippen molar-refractivity contribution in [2.75, 3.05) is 13.1 Å². The van der Waals surface area contributed by atoms with Crippen LogP contribution in [-0.2, 0) is 0 Å². The molecule has 3 rings (SSSR count). The van der Waals surface area contributed by atoms with Crippen molar-refractivity contribution in [3.05, 3.63) is 29.3 Å². The van der Waals surface area contributed by atoms with Gasteiger partial charge in [0.2, 0.25) is 11.7 Å². The number of pyridine rings is 1. The molecule has 0 saturated carbocycles. The molecule has 1 aliphatic heterocycles. The predicted octanol–water partition coefficient (Wildman–Crippen LogP) is 1.44. The van der Waals surface area contributed by atoms with E-state index in [4.69, 9.17) is 4.52 Å². The summed E-state index contributed by atoms with van der Waals surface area (Å²) < 4.78 is 5.27. The third-order valence-electron chi connectivity index (χ3n) is 3.00. The standard InChI is InChI=1S/C12H14N4O/c1-7-3-8(2)10(14-4-7)11-15-12(17-16-11)9-5-13-6-9/h3-4,9,13H,5-6H2,1-2H3. The van der Waals surface area contributed by atoms with Gasteiger partial charge in [-0.3, -0.25) is 4.98 Å². The highest BCUT2D eigenvalue weighted by molar-refractivity contribution is 5.54. The first-order chi connectivity index (χ1) is 8.24. The van der Waals surface area contributed by atoms with E-state index in [1.165, 1.54) is 0 Å². The van der Waals surface area contributed by atoms with Crippen molar-refractivity contribution in [1.82, 2.24) is 20.4 Å². The lowest BCUT2D eigenvalue weighted by Gasteiger charge is -2.22. The molecule has 5 nitrogen and oxygen atoms in total. The summed E-state index contributed by atoms with van der Waals surface area (Å²) in [5, 5.41) is 7.19. The molecule has 1 N–H and O–H groups in total. The summed E-state index contributed by atoms with van der Waals surface area (Å²) in [6, 6.07) is 2.07. The number of rotatable bonds is 2. The van der Waals surface area contributed by atoms with Crippen LogP contribution in [0.3, 0.4) is 0 Å². The molecule has 88 valence electrons. The summed E-state index contributed by atoms with van der Waals surface area (Å²) >= 11 is 0. The average Bonchev–Trinajstić information content (AvgIpc) is 2.64. The lowest BCUT2D eigenvalue weighted by molar-refractivity contribution is 0.308. The fraction of sp³-hybridized carbons (Fsp3) is 0.417. The van der Waals surface area contributed by atoms with Crippen molar-refractivity contribution in [3.8, 4) is 11.5 Å². The fourth-order valence-electron chi connectivity index (χ4n) is 1.91. The van der Waals surface area contributed by atoms with Gasteiger partial charge in [0, 0.05) is 19.3 Å². The van der Waals surface area contributed by atoms with Crippen LogP contribution in [0.25, 0.3) is 11.5 Å². The molecule has 2 aromatic rings. The molecular formula is C12H14N4O. The molecule has 3 heterocycles. The van der Waals surface area contributed by atoms with E-state index in [2.05, 4.69) is 26.5 Å². The van der Waals surface area contributed by atoms with Gasteiger partial charge in [-0.05, 0) is 25.0 Å². The topological polar surface area (TPSA) is 63.8 Å². The van der Waals surface area contributed by atoms with E-state index in [0.717, 1.165) is 29.9 Å². The molecule has 0 spiro atoms. The van der Waals surface area contributed by atoms with Crippen LogP contribution in [0.1, 0.15) is 22.9 Å². The van der Waals surface area contributed by atoms with Crippen LogP contribution in [0.2, 0.25) is 0 Å². The van der Waals surface area contributed by atoms with Crippen molar-refractivity contribution >= 4 is 0 Å². The molecule has 0 radical (unpaired) electrons. The maximum absolute atomic E-state index is 5.27. The minimum atomic E-state index is 0.363. The zero-order valence-corrected chi connectivity index (χ0v) is 9.90. The van der Waals surface area contributed by atoms with Gasteiger partial charge in [0.1, 0.15) is 5.69 Å². The Hall–Kier alpha value is -1.75. The van der Waals surface area contributed by atoms with Crippen LogP contribution in [0, 0.1) is 13.8 Å². The molecule has 2 aromatic heterocycles. The van der Waals surface area contributed by atoms with Crippen LogP contribution in [0.5, 0.6) is 0 Å². The molecule has 1 aliphatic rings. The van der Waals surface area contributed by atoms with Crippen molar-refractivity contribution in [1.29, 1.82) is 0 Å². The van der Waals surface area contributed by atoms with Crippen LogP contribution >= 0.6 is 0 Å². The Morgan fingerprint density at radius 1 is 1.35 bits per heavy atom. The van der Waals surface area contributed by atoms with E-state index < -0.39 is 0 Å². The molecule has 0 unspecified atom stereocenters. The first-order valence-corrected chi connectivity index (χ1v) is 5.72. The lowest BCUT2D eigenvalue weighted by atomic mass is 10.0. The smallest absolute Gasteiger partial charge is 0.232 e. The van der Waals surface area contributed by atoms with Gasteiger partial charge < -0.3 is 9.84 Å². The molecule has 5 heteroatoms. The van der Waals surface area contributed by atoms with Crippen molar-refractivity contribution in [2.45, 2.75) is 19.8 Å². The number of hydrogen-bond donors (Lipinski definition) is 1. The number of hydrogen-bond acceptors (Lipinski definition) is 5. The highest BCUT2D eigenvalue weighted by Gasteiger charge is 2.25. The molecule has 0 aromatic carbocycles. The largest absolute Gasteiger partial charge is 0.339 e. The number of nitrogens with zero attached hydrogens (tertiary/aromatic N) is 3. The highest BCUT2D eigenvalue weighted by Crippen LogP contribution is 2.23. The van der Waals surface area contributed by atoms with Gasteiger partial charge in [0.25, 0.3) is 0 Å². The van der Waals surface area contributed by atoms with Crippen LogP contribution in [0.4, 0.5) is 0 Å². The minimum Gasteiger partial charge on any atom is -0.339 e. The Morgan fingerprint density at radius 2 is 2.18 bits per heavy atom. The van der Waals surface area contributed by atoms with E-state index in [0.29, 0.717) is 17.6 Å². The van der Waals surface area contributed by atoms with Gasteiger partial charge in [-0.1, -0.05) is 11.2 Å². The summed E-state index contributed by atoms with van der Waals surface area (Å²) in [6.45, 7) is 5.87. The zero-order chi connectivity index (χ0) is 11.8. The van der Waals surface area contributed by atoms with Gasteiger partial charge in [-0.25, -0.2) is 0 Å². The molecule has 1 fully saturated rings. The van der Waals surface area contributed by atoms with E-state index in [-0.39, 0.29) is 0 Å². The minimum absolute atomic E-state index is 0.363. The summed E-state index contributed by atoms with van der Waals surface area (Å²) in [4.78, 5) is 8.78. The van der Waals surface area contributed by atoms with E-state index in [9.17, 15) is 0 Å². The molecule has 0 amide bonds. The summed E-state index contributed by atoms with van der Waals surface area (Å²) in [5.74, 6) is 1.66. The predicted molar refractivity (Wildman–Crippen MR) is 62.6 cm³/mol. The van der Waals surface area contributed by atoms with E-state index >= 15 is 0 Å².